The number of nitrogens with two attached hydrogens (primary N) is 1. The predicted molar refractivity (Wildman–Crippen MR) is 67.2 cm³/mol. The van der Waals surface area contributed by atoms with E-state index >= 15 is 0 Å². The molecule has 17 heavy (non-hydrogen) atoms. The third-order valence-electron chi connectivity index (χ3n) is 2.87. The van der Waals surface area contributed by atoms with Gasteiger partial charge >= 0.3 is 0 Å². The average molecular weight is 238 g/mol. The number of anilines is 1. The molecule has 0 aliphatic carbocycles. The Morgan fingerprint density at radius 1 is 1.47 bits per heavy atom. The van der Waals surface area contributed by atoms with Crippen LogP contribution in [0.5, 0.6) is 0 Å². The van der Waals surface area contributed by atoms with E-state index in [-0.39, 0.29) is 17.6 Å². The minimum absolute atomic E-state index is 0.102. The van der Waals surface area contributed by atoms with Crippen LogP contribution in [0.1, 0.15) is 25.8 Å². The molecule has 0 aliphatic rings. The maximum atomic E-state index is 13.1. The minimum Gasteiger partial charge on any atom is -0.325 e. The van der Waals surface area contributed by atoms with Crippen LogP contribution >= 0.6 is 0 Å². The van der Waals surface area contributed by atoms with E-state index in [9.17, 15) is 9.18 Å². The summed E-state index contributed by atoms with van der Waals surface area (Å²) < 4.78 is 13.1. The number of amides is 1. The topological polar surface area (TPSA) is 55.1 Å². The summed E-state index contributed by atoms with van der Waals surface area (Å²) in [7, 11) is 0. The van der Waals surface area contributed by atoms with E-state index in [2.05, 4.69) is 5.32 Å². The Labute approximate surface area is 101 Å². The van der Waals surface area contributed by atoms with E-state index in [0.717, 1.165) is 12.0 Å². The third-order valence-corrected chi connectivity index (χ3v) is 2.87. The SMILES string of the molecule is CC[C@H](C)[C@H](N)C(=O)Nc1cc(C)cc(F)c1. The van der Waals surface area contributed by atoms with Crippen LogP contribution in [0.3, 0.4) is 0 Å². The van der Waals surface area contributed by atoms with Gasteiger partial charge in [-0.3, -0.25) is 4.79 Å². The van der Waals surface area contributed by atoms with Gasteiger partial charge in [0, 0.05) is 5.69 Å². The number of carbonyl (C=O) groups excluding carboxylic acids is 1. The second-order valence-corrected chi connectivity index (χ2v) is 4.42. The van der Waals surface area contributed by atoms with Gasteiger partial charge in [0.25, 0.3) is 0 Å². The molecule has 0 saturated heterocycles. The van der Waals surface area contributed by atoms with Crippen LogP contribution in [-0.2, 0) is 4.79 Å². The molecule has 0 unspecified atom stereocenters. The number of rotatable bonds is 4. The number of aryl methyl sites for hydroxylation is 1. The number of benzene rings is 1. The van der Waals surface area contributed by atoms with Gasteiger partial charge in [-0.1, -0.05) is 20.3 Å². The number of hydrogen-bond donors (Lipinski definition) is 2. The van der Waals surface area contributed by atoms with Crippen LogP contribution in [0.25, 0.3) is 0 Å². The van der Waals surface area contributed by atoms with Crippen molar-refractivity contribution >= 4 is 11.6 Å². The molecular weight excluding hydrogens is 219 g/mol. The van der Waals surface area contributed by atoms with Crippen LogP contribution in [-0.4, -0.2) is 11.9 Å². The molecule has 1 amide bonds. The van der Waals surface area contributed by atoms with Crippen molar-refractivity contribution in [1.29, 1.82) is 0 Å². The lowest BCUT2D eigenvalue weighted by molar-refractivity contribution is -0.118. The van der Waals surface area contributed by atoms with Crippen LogP contribution in [0, 0.1) is 18.7 Å². The van der Waals surface area contributed by atoms with Crippen LogP contribution in [0.4, 0.5) is 10.1 Å². The first-order valence-electron chi connectivity index (χ1n) is 5.77. The van der Waals surface area contributed by atoms with E-state index < -0.39 is 6.04 Å². The highest BCUT2D eigenvalue weighted by atomic mass is 19.1. The zero-order valence-electron chi connectivity index (χ0n) is 10.5. The normalized spacial score (nSPS) is 14.2. The molecule has 1 rings (SSSR count). The average Bonchev–Trinajstić information content (AvgIpc) is 2.25. The van der Waals surface area contributed by atoms with Crippen molar-refractivity contribution in [3.8, 4) is 0 Å². The van der Waals surface area contributed by atoms with Crippen molar-refractivity contribution in [2.45, 2.75) is 33.2 Å². The van der Waals surface area contributed by atoms with Crippen molar-refractivity contribution in [2.75, 3.05) is 5.32 Å². The van der Waals surface area contributed by atoms with Gasteiger partial charge in [0.1, 0.15) is 5.82 Å². The van der Waals surface area contributed by atoms with Gasteiger partial charge in [-0.15, -0.1) is 0 Å². The second kappa shape index (κ2) is 5.77. The molecule has 0 aromatic heterocycles. The Morgan fingerprint density at radius 3 is 2.65 bits per heavy atom. The smallest absolute Gasteiger partial charge is 0.241 e. The summed E-state index contributed by atoms with van der Waals surface area (Å²) in [6, 6.07) is 3.84. The van der Waals surface area contributed by atoms with Gasteiger partial charge in [0.05, 0.1) is 6.04 Å². The fourth-order valence-corrected chi connectivity index (χ4v) is 1.55. The number of hydrogen-bond acceptors (Lipinski definition) is 2. The van der Waals surface area contributed by atoms with Crippen LogP contribution in [0.2, 0.25) is 0 Å². The summed E-state index contributed by atoms with van der Waals surface area (Å²) in [5.74, 6) is -0.536. The molecule has 0 bridgehead atoms. The van der Waals surface area contributed by atoms with Crippen LogP contribution in [0.15, 0.2) is 18.2 Å². The molecule has 94 valence electrons. The maximum Gasteiger partial charge on any atom is 0.241 e. The Balaban J connectivity index is 2.74. The minimum atomic E-state index is -0.566. The van der Waals surface area contributed by atoms with Crippen molar-refractivity contribution in [1.82, 2.24) is 0 Å². The van der Waals surface area contributed by atoms with Crippen molar-refractivity contribution < 1.29 is 9.18 Å². The maximum absolute atomic E-state index is 13.1. The molecule has 3 nitrogen and oxygen atoms in total. The quantitative estimate of drug-likeness (QED) is 0.846. The Morgan fingerprint density at radius 2 is 2.12 bits per heavy atom. The van der Waals surface area contributed by atoms with Gasteiger partial charge in [-0.25, -0.2) is 4.39 Å². The Bertz CT molecular complexity index is 386. The molecule has 1 aromatic rings. The predicted octanol–water partition coefficient (Wildman–Crippen LogP) is 2.45. The van der Waals surface area contributed by atoms with Crippen molar-refractivity contribution in [3.05, 3.63) is 29.6 Å². The highest BCUT2D eigenvalue weighted by Gasteiger charge is 2.19. The van der Waals surface area contributed by atoms with Gasteiger partial charge in [0.2, 0.25) is 5.91 Å². The zero-order valence-corrected chi connectivity index (χ0v) is 10.5. The monoisotopic (exact) mass is 238 g/mol. The van der Waals surface area contributed by atoms with E-state index in [1.165, 1.54) is 12.1 Å². The molecule has 0 fully saturated rings. The summed E-state index contributed by atoms with van der Waals surface area (Å²) in [6.45, 7) is 5.67. The lowest BCUT2D eigenvalue weighted by Crippen LogP contribution is -2.40. The molecule has 2 atom stereocenters. The van der Waals surface area contributed by atoms with Crippen molar-refractivity contribution in [2.24, 2.45) is 11.7 Å². The number of carbonyl (C=O) groups is 1. The highest BCUT2D eigenvalue weighted by molar-refractivity contribution is 5.94. The second-order valence-electron chi connectivity index (χ2n) is 4.42. The lowest BCUT2D eigenvalue weighted by atomic mass is 9.99. The molecule has 4 heteroatoms. The molecule has 1 aromatic carbocycles. The molecule has 0 radical (unpaired) electrons. The fourth-order valence-electron chi connectivity index (χ4n) is 1.55. The van der Waals surface area contributed by atoms with Gasteiger partial charge in [-0.2, -0.15) is 0 Å². The number of halogens is 1. The van der Waals surface area contributed by atoms with Gasteiger partial charge in [-0.05, 0) is 36.6 Å². The van der Waals surface area contributed by atoms with Gasteiger partial charge < -0.3 is 11.1 Å². The third kappa shape index (κ3) is 3.82. The molecule has 0 heterocycles. The summed E-state index contributed by atoms with van der Waals surface area (Å²) in [4.78, 5) is 11.8. The number of nitrogens with one attached hydrogen (secondary N) is 1. The van der Waals surface area contributed by atoms with Gasteiger partial charge in [0.15, 0.2) is 0 Å². The Hall–Kier alpha value is -1.42. The fraction of sp³-hybridized carbons (Fsp3) is 0.462. The summed E-state index contributed by atoms with van der Waals surface area (Å²) in [5.41, 5.74) is 7.00. The molecular formula is C13H19FN2O. The van der Waals surface area contributed by atoms with E-state index in [1.807, 2.05) is 13.8 Å². The van der Waals surface area contributed by atoms with E-state index in [4.69, 9.17) is 5.73 Å². The molecule has 0 saturated carbocycles. The van der Waals surface area contributed by atoms with Crippen LogP contribution < -0.4 is 11.1 Å². The molecule has 0 aliphatic heterocycles. The standard InChI is InChI=1S/C13H19FN2O/c1-4-9(3)12(15)13(17)16-11-6-8(2)5-10(14)7-11/h5-7,9,12H,4,15H2,1-3H3,(H,16,17)/t9-,12-/m0/s1. The highest BCUT2D eigenvalue weighted by Crippen LogP contribution is 2.14. The first-order chi connectivity index (χ1) is 7.93. The van der Waals surface area contributed by atoms with E-state index in [0.29, 0.717) is 5.69 Å². The molecule has 3 N–H and O–H groups in total. The Kier molecular flexibility index (Phi) is 4.63. The first kappa shape index (κ1) is 13.6. The summed E-state index contributed by atoms with van der Waals surface area (Å²) in [6.07, 6.45) is 0.830. The van der Waals surface area contributed by atoms with E-state index in [1.54, 1.807) is 13.0 Å². The van der Waals surface area contributed by atoms with Crippen molar-refractivity contribution in [3.63, 3.8) is 0 Å². The zero-order chi connectivity index (χ0) is 13.0. The summed E-state index contributed by atoms with van der Waals surface area (Å²) in [5, 5.41) is 2.63. The lowest BCUT2D eigenvalue weighted by Gasteiger charge is -2.17. The largest absolute Gasteiger partial charge is 0.325 e. The first-order valence-corrected chi connectivity index (χ1v) is 5.77. The summed E-state index contributed by atoms with van der Waals surface area (Å²) >= 11 is 0. The molecule has 0 spiro atoms.